The van der Waals surface area contributed by atoms with E-state index in [0.717, 1.165) is 30.0 Å². The number of aromatic nitrogens is 1. The first-order valence-electron chi connectivity index (χ1n) is 5.50. The van der Waals surface area contributed by atoms with Gasteiger partial charge in [-0.05, 0) is 30.0 Å². The molecule has 0 aliphatic heterocycles. The third-order valence-electron chi connectivity index (χ3n) is 2.17. The molecule has 0 aliphatic carbocycles. The average Bonchev–Trinajstić information content (AvgIpc) is 2.25. The maximum absolute atomic E-state index is 9.10. The minimum Gasteiger partial charge on any atom is -0.392 e. The van der Waals surface area contributed by atoms with Crippen LogP contribution in [0, 0.1) is 5.92 Å². The number of anilines is 1. The van der Waals surface area contributed by atoms with Crippen LogP contribution in [0.3, 0.4) is 0 Å². The number of nitrogens with one attached hydrogen (secondary N) is 1. The summed E-state index contributed by atoms with van der Waals surface area (Å²) in [6.07, 6.45) is 0.893. The van der Waals surface area contributed by atoms with Crippen molar-refractivity contribution in [1.29, 1.82) is 0 Å². The zero-order chi connectivity index (χ0) is 11.3. The minimum absolute atomic E-state index is 0.0753. The Morgan fingerprint density at radius 1 is 1.40 bits per heavy atom. The van der Waals surface area contributed by atoms with E-state index in [2.05, 4.69) is 31.1 Å². The second kappa shape index (κ2) is 5.71. The lowest BCUT2D eigenvalue weighted by molar-refractivity contribution is 0.281. The van der Waals surface area contributed by atoms with Crippen molar-refractivity contribution in [3.63, 3.8) is 0 Å². The molecule has 0 atom stereocenters. The van der Waals surface area contributed by atoms with Crippen LogP contribution in [0.4, 0.5) is 5.82 Å². The molecule has 1 aromatic rings. The summed E-state index contributed by atoms with van der Waals surface area (Å²) in [5.74, 6) is 1.46. The highest BCUT2D eigenvalue weighted by Gasteiger charge is 2.01. The fraction of sp³-hybridized carbons (Fsp3) is 0.583. The van der Waals surface area contributed by atoms with E-state index in [-0.39, 0.29) is 6.61 Å². The summed E-state index contributed by atoms with van der Waals surface area (Å²) in [5, 5.41) is 12.4. The second-order valence-corrected chi connectivity index (χ2v) is 4.14. The summed E-state index contributed by atoms with van der Waals surface area (Å²) in [4.78, 5) is 4.45. The quantitative estimate of drug-likeness (QED) is 0.779. The Labute approximate surface area is 91.5 Å². The Morgan fingerprint density at radius 2 is 2.13 bits per heavy atom. The standard InChI is InChI=1S/C12H20N2O/c1-4-11-5-10(8-15)6-12(14-11)13-7-9(2)3/h5-6,9,15H,4,7-8H2,1-3H3,(H,13,14). The number of aliphatic hydroxyl groups excluding tert-OH is 1. The first-order chi connectivity index (χ1) is 7.15. The Morgan fingerprint density at radius 3 is 2.67 bits per heavy atom. The van der Waals surface area contributed by atoms with Crippen molar-refractivity contribution < 1.29 is 5.11 Å². The molecule has 0 aliphatic rings. The molecule has 0 unspecified atom stereocenters. The molecule has 0 fully saturated rings. The van der Waals surface area contributed by atoms with Gasteiger partial charge < -0.3 is 10.4 Å². The highest BCUT2D eigenvalue weighted by atomic mass is 16.3. The summed E-state index contributed by atoms with van der Waals surface area (Å²) in [7, 11) is 0. The van der Waals surface area contributed by atoms with Crippen LogP contribution in [0.15, 0.2) is 12.1 Å². The van der Waals surface area contributed by atoms with E-state index in [0.29, 0.717) is 5.92 Å². The van der Waals surface area contributed by atoms with Gasteiger partial charge in [-0.1, -0.05) is 20.8 Å². The maximum Gasteiger partial charge on any atom is 0.126 e. The summed E-state index contributed by atoms with van der Waals surface area (Å²) in [5.41, 5.74) is 1.95. The van der Waals surface area contributed by atoms with Gasteiger partial charge in [-0.15, -0.1) is 0 Å². The molecule has 1 rings (SSSR count). The lowest BCUT2D eigenvalue weighted by Gasteiger charge is -2.10. The van der Waals surface area contributed by atoms with Crippen molar-refractivity contribution in [1.82, 2.24) is 4.98 Å². The van der Waals surface area contributed by atoms with Crippen molar-refractivity contribution >= 4 is 5.82 Å². The zero-order valence-electron chi connectivity index (χ0n) is 9.75. The predicted molar refractivity (Wildman–Crippen MR) is 62.9 cm³/mol. The number of hydrogen-bond acceptors (Lipinski definition) is 3. The van der Waals surface area contributed by atoms with Crippen molar-refractivity contribution in [2.75, 3.05) is 11.9 Å². The molecular weight excluding hydrogens is 188 g/mol. The van der Waals surface area contributed by atoms with Gasteiger partial charge in [0.25, 0.3) is 0 Å². The van der Waals surface area contributed by atoms with Gasteiger partial charge in [0, 0.05) is 12.2 Å². The first kappa shape index (κ1) is 12.0. The lowest BCUT2D eigenvalue weighted by Crippen LogP contribution is -2.10. The molecule has 0 saturated carbocycles. The number of pyridine rings is 1. The fourth-order valence-corrected chi connectivity index (χ4v) is 1.32. The van der Waals surface area contributed by atoms with Crippen LogP contribution in [0.25, 0.3) is 0 Å². The molecule has 3 nitrogen and oxygen atoms in total. The molecular formula is C12H20N2O. The number of nitrogens with zero attached hydrogens (tertiary/aromatic N) is 1. The van der Waals surface area contributed by atoms with Crippen LogP contribution in [0.1, 0.15) is 32.0 Å². The van der Waals surface area contributed by atoms with Crippen molar-refractivity contribution in [2.45, 2.75) is 33.8 Å². The number of aryl methyl sites for hydroxylation is 1. The van der Waals surface area contributed by atoms with Crippen LogP contribution in [0.5, 0.6) is 0 Å². The van der Waals surface area contributed by atoms with Gasteiger partial charge in [0.2, 0.25) is 0 Å². The van der Waals surface area contributed by atoms with Crippen LogP contribution in [0.2, 0.25) is 0 Å². The van der Waals surface area contributed by atoms with Crippen LogP contribution in [-0.2, 0) is 13.0 Å². The van der Waals surface area contributed by atoms with Crippen LogP contribution < -0.4 is 5.32 Å². The molecule has 0 bridgehead atoms. The molecule has 3 heteroatoms. The van der Waals surface area contributed by atoms with E-state index < -0.39 is 0 Å². The van der Waals surface area contributed by atoms with E-state index in [9.17, 15) is 0 Å². The van der Waals surface area contributed by atoms with Gasteiger partial charge in [0.1, 0.15) is 5.82 Å². The third-order valence-corrected chi connectivity index (χ3v) is 2.17. The molecule has 1 heterocycles. The Kier molecular flexibility index (Phi) is 4.56. The van der Waals surface area contributed by atoms with Gasteiger partial charge in [0.05, 0.1) is 6.61 Å². The van der Waals surface area contributed by atoms with Crippen LogP contribution in [-0.4, -0.2) is 16.6 Å². The Hall–Kier alpha value is -1.09. The minimum atomic E-state index is 0.0753. The SMILES string of the molecule is CCc1cc(CO)cc(NCC(C)C)n1. The summed E-state index contributed by atoms with van der Waals surface area (Å²) < 4.78 is 0. The monoisotopic (exact) mass is 208 g/mol. The molecule has 0 amide bonds. The maximum atomic E-state index is 9.10. The number of aliphatic hydroxyl groups is 1. The van der Waals surface area contributed by atoms with E-state index in [4.69, 9.17) is 5.11 Å². The van der Waals surface area contributed by atoms with Gasteiger partial charge in [-0.2, -0.15) is 0 Å². The van der Waals surface area contributed by atoms with Gasteiger partial charge in [0.15, 0.2) is 0 Å². The summed E-state index contributed by atoms with van der Waals surface area (Å²) >= 11 is 0. The van der Waals surface area contributed by atoms with E-state index >= 15 is 0 Å². The van der Waals surface area contributed by atoms with Crippen molar-refractivity contribution in [3.05, 3.63) is 23.4 Å². The molecule has 1 aromatic heterocycles. The van der Waals surface area contributed by atoms with Gasteiger partial charge in [-0.3, -0.25) is 0 Å². The molecule has 0 spiro atoms. The highest BCUT2D eigenvalue weighted by Crippen LogP contribution is 2.11. The molecule has 0 aromatic carbocycles. The largest absolute Gasteiger partial charge is 0.392 e. The van der Waals surface area contributed by atoms with E-state index in [1.807, 2.05) is 12.1 Å². The lowest BCUT2D eigenvalue weighted by atomic mass is 10.2. The Balaban J connectivity index is 2.77. The van der Waals surface area contributed by atoms with Gasteiger partial charge >= 0.3 is 0 Å². The average molecular weight is 208 g/mol. The Bertz CT molecular complexity index is 288. The number of hydrogen-bond donors (Lipinski definition) is 2. The fourth-order valence-electron chi connectivity index (χ4n) is 1.32. The van der Waals surface area contributed by atoms with E-state index in [1.54, 1.807) is 0 Å². The summed E-state index contributed by atoms with van der Waals surface area (Å²) in [6.45, 7) is 7.36. The normalized spacial score (nSPS) is 10.7. The summed E-state index contributed by atoms with van der Waals surface area (Å²) in [6, 6.07) is 3.85. The second-order valence-electron chi connectivity index (χ2n) is 4.14. The predicted octanol–water partition coefficient (Wildman–Crippen LogP) is 2.20. The molecule has 2 N–H and O–H groups in total. The molecule has 0 radical (unpaired) electrons. The smallest absolute Gasteiger partial charge is 0.126 e. The molecule has 15 heavy (non-hydrogen) atoms. The van der Waals surface area contributed by atoms with Gasteiger partial charge in [-0.25, -0.2) is 4.98 Å². The molecule has 84 valence electrons. The zero-order valence-corrected chi connectivity index (χ0v) is 9.75. The van der Waals surface area contributed by atoms with Crippen molar-refractivity contribution in [2.24, 2.45) is 5.92 Å². The first-order valence-corrected chi connectivity index (χ1v) is 5.50. The van der Waals surface area contributed by atoms with Crippen LogP contribution >= 0.6 is 0 Å². The topological polar surface area (TPSA) is 45.1 Å². The third kappa shape index (κ3) is 3.88. The van der Waals surface area contributed by atoms with Crippen molar-refractivity contribution in [3.8, 4) is 0 Å². The molecule has 0 saturated heterocycles. The highest BCUT2D eigenvalue weighted by molar-refractivity contribution is 5.39. The number of rotatable bonds is 5. The van der Waals surface area contributed by atoms with E-state index in [1.165, 1.54) is 0 Å².